The molecule has 3 nitrogen and oxygen atoms in total. The first-order chi connectivity index (χ1) is 16.8. The summed E-state index contributed by atoms with van der Waals surface area (Å²) in [5.74, 6) is 5.56. The number of nitrogens with zero attached hydrogens (tertiary/aromatic N) is 2. The van der Waals surface area contributed by atoms with Crippen LogP contribution < -0.4 is 5.11 Å². The minimum atomic E-state index is 0. The first-order valence-corrected chi connectivity index (χ1v) is 15.6. The molecule has 0 N–H and O–H groups in total. The van der Waals surface area contributed by atoms with Crippen molar-refractivity contribution in [3.05, 3.63) is 11.6 Å². The first kappa shape index (κ1) is 31.4. The van der Waals surface area contributed by atoms with Crippen molar-refractivity contribution in [3.63, 3.8) is 0 Å². The zero-order valence-corrected chi connectivity index (χ0v) is 27.9. The van der Waals surface area contributed by atoms with Gasteiger partial charge in [-0.15, -0.1) is 24.0 Å². The summed E-state index contributed by atoms with van der Waals surface area (Å²) in [5.41, 5.74) is 2.50. The van der Waals surface area contributed by atoms with Crippen molar-refractivity contribution < 1.29 is 9.59 Å². The van der Waals surface area contributed by atoms with Crippen LogP contribution >= 0.6 is 24.0 Å². The fourth-order valence-corrected chi connectivity index (χ4v) is 9.49. The summed E-state index contributed by atoms with van der Waals surface area (Å²) in [4.78, 5) is 4.50. The van der Waals surface area contributed by atoms with Crippen LogP contribution in [0.25, 0.3) is 0 Å². The molecule has 214 valence electrons. The predicted molar refractivity (Wildman–Crippen MR) is 167 cm³/mol. The topological polar surface area (TPSA) is 35.4 Å². The van der Waals surface area contributed by atoms with E-state index < -0.39 is 0 Å². The molecule has 0 bridgehead atoms. The number of quaternary nitrogens is 1. The summed E-state index contributed by atoms with van der Waals surface area (Å²) >= 11 is 0. The highest BCUT2D eigenvalue weighted by Crippen LogP contribution is 2.67. The average Bonchev–Trinajstić information content (AvgIpc) is 3.14. The summed E-state index contributed by atoms with van der Waals surface area (Å²) in [7, 11) is 6.51. The van der Waals surface area contributed by atoms with Crippen LogP contribution in [0.15, 0.2) is 16.6 Å². The van der Waals surface area contributed by atoms with Gasteiger partial charge in [0.25, 0.3) is 0 Å². The van der Waals surface area contributed by atoms with Gasteiger partial charge in [0, 0.05) is 0 Å². The molecule has 0 spiro atoms. The number of rotatable bonds is 9. The van der Waals surface area contributed by atoms with E-state index >= 15 is 0 Å². The summed E-state index contributed by atoms with van der Waals surface area (Å²) in [6, 6.07) is 0. The second kappa shape index (κ2) is 12.2. The average molecular weight is 627 g/mol. The van der Waals surface area contributed by atoms with Gasteiger partial charge in [-0.05, 0) is 110 Å². The van der Waals surface area contributed by atoms with Gasteiger partial charge in [0.2, 0.25) is 0 Å². The van der Waals surface area contributed by atoms with E-state index in [0.717, 1.165) is 59.4 Å². The maximum atomic E-state index is 12.9. The third kappa shape index (κ3) is 6.63. The number of fused-ring (bicyclic) bond motifs is 5. The quantitative estimate of drug-likeness (QED) is 0.0849. The molecule has 0 saturated heterocycles. The van der Waals surface area contributed by atoms with Gasteiger partial charge in [0.15, 0.2) is 0 Å². The summed E-state index contributed by atoms with van der Waals surface area (Å²) in [6.45, 7) is 14.2. The first-order valence-electron chi connectivity index (χ1n) is 15.6. The Bertz CT molecular complexity index is 829. The van der Waals surface area contributed by atoms with Gasteiger partial charge in [-0.1, -0.05) is 65.5 Å². The van der Waals surface area contributed by atoms with Crippen LogP contribution in [-0.4, -0.2) is 44.6 Å². The third-order valence-corrected chi connectivity index (χ3v) is 11.7. The normalized spacial score (nSPS) is 38.8. The molecule has 4 aliphatic carbocycles. The lowest BCUT2D eigenvalue weighted by Crippen LogP contribution is -2.51. The monoisotopic (exact) mass is 626 g/mol. The second-order valence-electron chi connectivity index (χ2n) is 15.5. The van der Waals surface area contributed by atoms with Crippen molar-refractivity contribution >= 4 is 29.9 Å². The van der Waals surface area contributed by atoms with E-state index in [4.69, 9.17) is 0 Å². The van der Waals surface area contributed by atoms with Crippen molar-refractivity contribution in [2.45, 2.75) is 105 Å². The number of allylic oxidation sites excluding steroid dienone is 2. The molecular weight excluding hydrogens is 567 g/mol. The maximum Gasteiger partial charge on any atom is 0.0978 e. The SMILES string of the molecule is CC(C)CCC[C@@H](C)[C@H]1CCC2C3CC=C4C[C@@H](C([O-])=NCC[N+](C)(C)C)CC[C@]4(C)C3CC[C@@]21C.I. The Morgan fingerprint density at radius 1 is 1.03 bits per heavy atom. The van der Waals surface area contributed by atoms with E-state index in [2.05, 4.69) is 66.8 Å². The molecule has 3 fully saturated rings. The number of aliphatic imine (C=N–C) groups is 1. The van der Waals surface area contributed by atoms with Crippen LogP contribution in [0.4, 0.5) is 0 Å². The Kier molecular flexibility index (Phi) is 10.4. The van der Waals surface area contributed by atoms with E-state index in [9.17, 15) is 5.11 Å². The lowest BCUT2D eigenvalue weighted by Gasteiger charge is -2.59. The van der Waals surface area contributed by atoms with Crippen LogP contribution in [-0.2, 0) is 0 Å². The van der Waals surface area contributed by atoms with Gasteiger partial charge < -0.3 is 9.59 Å². The van der Waals surface area contributed by atoms with Crippen molar-refractivity contribution in [1.29, 1.82) is 0 Å². The standard InChI is InChI=1S/C33H58N2O.HI/c1-23(2)10-9-11-24(3)28-14-15-29-27-13-12-26-22-25(31(36)34-20-21-35(6,7)8)16-18-32(26,4)30(27)17-19-33(28,29)5;/h12,23-25,27-30H,9-11,13-22H2,1-8H3;1H/t24-,25+,27?,28-,29?,30?,32+,33-;/m1./s1. The molecule has 3 unspecified atom stereocenters. The summed E-state index contributed by atoms with van der Waals surface area (Å²) < 4.78 is 0.866. The zero-order chi connectivity index (χ0) is 26.3. The smallest absolute Gasteiger partial charge is 0.0978 e. The zero-order valence-electron chi connectivity index (χ0n) is 25.5. The molecule has 0 aromatic rings. The van der Waals surface area contributed by atoms with Crippen LogP contribution in [0.5, 0.6) is 0 Å². The number of hydrogen-bond acceptors (Lipinski definition) is 2. The predicted octanol–water partition coefficient (Wildman–Crippen LogP) is 7.73. The number of halogens is 1. The second-order valence-corrected chi connectivity index (χ2v) is 15.5. The fourth-order valence-electron chi connectivity index (χ4n) is 9.49. The van der Waals surface area contributed by atoms with E-state index in [1.54, 1.807) is 5.57 Å². The highest BCUT2D eigenvalue weighted by atomic mass is 127. The molecule has 0 aromatic carbocycles. The van der Waals surface area contributed by atoms with E-state index in [0.29, 0.717) is 17.4 Å². The highest BCUT2D eigenvalue weighted by Gasteiger charge is 2.59. The lowest BCUT2D eigenvalue weighted by atomic mass is 9.46. The van der Waals surface area contributed by atoms with Crippen LogP contribution in [0.1, 0.15) is 105 Å². The molecule has 0 heterocycles. The Morgan fingerprint density at radius 3 is 2.43 bits per heavy atom. The van der Waals surface area contributed by atoms with Crippen molar-refractivity contribution in [2.24, 2.45) is 57.2 Å². The summed E-state index contributed by atoms with van der Waals surface area (Å²) in [5, 5.41) is 12.9. The van der Waals surface area contributed by atoms with Gasteiger partial charge in [-0.3, -0.25) is 4.99 Å². The largest absolute Gasteiger partial charge is 0.862 e. The molecular formula is C33H59IN2O. The molecule has 0 aliphatic heterocycles. The van der Waals surface area contributed by atoms with Crippen LogP contribution in [0.2, 0.25) is 0 Å². The highest BCUT2D eigenvalue weighted by molar-refractivity contribution is 14.0. The van der Waals surface area contributed by atoms with Gasteiger partial charge >= 0.3 is 0 Å². The Labute approximate surface area is 247 Å². The molecule has 4 aliphatic rings. The van der Waals surface area contributed by atoms with E-state index in [1.165, 1.54) is 57.8 Å². The minimum Gasteiger partial charge on any atom is -0.862 e. The van der Waals surface area contributed by atoms with Gasteiger partial charge in [-0.2, -0.15) is 0 Å². The number of likely N-dealkylation sites (N-methyl/N-ethyl adjacent to an activating group) is 1. The molecule has 4 rings (SSSR count). The van der Waals surface area contributed by atoms with Gasteiger partial charge in [-0.25, -0.2) is 0 Å². The Hall–Kier alpha value is -0.100. The van der Waals surface area contributed by atoms with Crippen LogP contribution in [0.3, 0.4) is 0 Å². The molecule has 8 atom stereocenters. The fraction of sp³-hybridized carbons (Fsp3) is 0.909. The van der Waals surface area contributed by atoms with E-state index in [-0.39, 0.29) is 35.8 Å². The molecule has 37 heavy (non-hydrogen) atoms. The molecule has 0 aromatic heterocycles. The number of hydrogen-bond donors (Lipinski definition) is 0. The van der Waals surface area contributed by atoms with Crippen LogP contribution in [0, 0.1) is 52.3 Å². The van der Waals surface area contributed by atoms with Gasteiger partial charge in [0.05, 0.1) is 34.2 Å². The molecule has 4 heteroatoms. The van der Waals surface area contributed by atoms with E-state index in [1.807, 2.05) is 0 Å². The van der Waals surface area contributed by atoms with Crippen molar-refractivity contribution in [2.75, 3.05) is 34.2 Å². The molecule has 0 radical (unpaired) electrons. The van der Waals surface area contributed by atoms with Crippen molar-refractivity contribution in [3.8, 4) is 0 Å². The third-order valence-electron chi connectivity index (χ3n) is 11.7. The Morgan fingerprint density at radius 2 is 1.76 bits per heavy atom. The van der Waals surface area contributed by atoms with Gasteiger partial charge in [0.1, 0.15) is 0 Å². The molecule has 0 amide bonds. The maximum absolute atomic E-state index is 12.9. The minimum absolute atomic E-state index is 0. The molecule has 3 saturated carbocycles. The Balaban J connectivity index is 0.00000380. The lowest BCUT2D eigenvalue weighted by molar-refractivity contribution is -0.868. The van der Waals surface area contributed by atoms with Crippen molar-refractivity contribution in [1.82, 2.24) is 0 Å². The summed E-state index contributed by atoms with van der Waals surface area (Å²) in [6.07, 6.45) is 17.1.